The lowest BCUT2D eigenvalue weighted by Crippen LogP contribution is -2.13. The summed E-state index contributed by atoms with van der Waals surface area (Å²) < 4.78 is 21.4. The predicted molar refractivity (Wildman–Crippen MR) is 130 cm³/mol. The summed E-state index contributed by atoms with van der Waals surface area (Å²) in [5, 5.41) is 7.27. The molecule has 0 aliphatic heterocycles. The van der Waals surface area contributed by atoms with Gasteiger partial charge in [0.2, 0.25) is 0 Å². The Bertz CT molecular complexity index is 1290. The normalized spacial score (nSPS) is 10.8. The maximum absolute atomic E-state index is 13.1. The van der Waals surface area contributed by atoms with Crippen LogP contribution in [0.1, 0.15) is 32.6 Å². The molecule has 0 spiro atoms. The lowest BCUT2D eigenvalue weighted by molar-refractivity contribution is 0.102. The van der Waals surface area contributed by atoms with Crippen LogP contribution < -0.4 is 10.1 Å². The molecule has 0 unspecified atom stereocenters. The minimum Gasteiger partial charge on any atom is -0.489 e. The predicted octanol–water partition coefficient (Wildman–Crippen LogP) is 6.28. The molecule has 0 saturated heterocycles. The third-order valence-corrected chi connectivity index (χ3v) is 5.70. The molecule has 0 bridgehead atoms. The number of hydrogen-bond donors (Lipinski definition) is 1. The van der Waals surface area contributed by atoms with E-state index in [9.17, 15) is 9.18 Å². The molecule has 0 aliphatic rings. The summed E-state index contributed by atoms with van der Waals surface area (Å²) in [5.74, 6) is 0.691. The van der Waals surface area contributed by atoms with Gasteiger partial charge >= 0.3 is 0 Å². The zero-order chi connectivity index (χ0) is 23.4. The first kappa shape index (κ1) is 22.7. The van der Waals surface area contributed by atoms with E-state index in [1.807, 2.05) is 44.2 Å². The quantitative estimate of drug-likeness (QED) is 0.320. The summed E-state index contributed by atoms with van der Waals surface area (Å²) in [6.45, 7) is 4.88. The van der Waals surface area contributed by atoms with Crippen molar-refractivity contribution in [3.8, 4) is 5.75 Å². The van der Waals surface area contributed by atoms with Crippen LogP contribution in [0.2, 0.25) is 0 Å². The third kappa shape index (κ3) is 5.87. The minimum atomic E-state index is -0.282. The fourth-order valence-corrected chi connectivity index (χ4v) is 3.86. The second-order valence-corrected chi connectivity index (χ2v) is 8.72. The molecule has 0 saturated carbocycles. The van der Waals surface area contributed by atoms with Gasteiger partial charge in [-0.05, 0) is 76.8 Å². The summed E-state index contributed by atoms with van der Waals surface area (Å²) in [6, 6.07) is 19.6. The van der Waals surface area contributed by atoms with Crippen molar-refractivity contribution in [3.05, 3.63) is 111 Å². The number of carbonyl (C=O) groups is 1. The Hall–Kier alpha value is -3.45. The Kier molecular flexibility index (Phi) is 6.89. The van der Waals surface area contributed by atoms with E-state index in [0.29, 0.717) is 29.0 Å². The molecule has 1 N–H and O–H groups in total. The first-order valence-corrected chi connectivity index (χ1v) is 11.2. The number of nitrogens with zero attached hydrogens (tertiary/aromatic N) is 2. The first-order valence-electron chi connectivity index (χ1n) is 10.4. The van der Waals surface area contributed by atoms with Crippen LogP contribution in [0.25, 0.3) is 0 Å². The number of carbonyl (C=O) groups excluding carboxylic acids is 1. The molecule has 0 radical (unpaired) electrons. The molecule has 1 amide bonds. The topological polar surface area (TPSA) is 56.1 Å². The van der Waals surface area contributed by atoms with E-state index >= 15 is 0 Å². The van der Waals surface area contributed by atoms with E-state index in [0.717, 1.165) is 22.4 Å². The average Bonchev–Trinajstić information content (AvgIpc) is 3.13. The van der Waals surface area contributed by atoms with E-state index in [2.05, 4.69) is 32.4 Å². The first-order chi connectivity index (χ1) is 15.9. The zero-order valence-corrected chi connectivity index (χ0v) is 19.9. The molecule has 0 atom stereocenters. The van der Waals surface area contributed by atoms with Gasteiger partial charge in [0.25, 0.3) is 5.91 Å². The Morgan fingerprint density at radius 2 is 1.85 bits per heavy atom. The molecule has 0 aliphatic carbocycles. The van der Waals surface area contributed by atoms with Gasteiger partial charge in [-0.25, -0.2) is 4.39 Å². The highest BCUT2D eigenvalue weighted by Crippen LogP contribution is 2.23. The lowest BCUT2D eigenvalue weighted by Gasteiger charge is -2.11. The van der Waals surface area contributed by atoms with Gasteiger partial charge < -0.3 is 10.1 Å². The second-order valence-electron chi connectivity index (χ2n) is 7.86. The lowest BCUT2D eigenvalue weighted by atomic mass is 10.1. The van der Waals surface area contributed by atoms with Crippen LogP contribution >= 0.6 is 15.9 Å². The number of amides is 1. The van der Waals surface area contributed by atoms with Crippen molar-refractivity contribution in [2.45, 2.75) is 27.0 Å². The van der Waals surface area contributed by atoms with Crippen molar-refractivity contribution in [1.82, 2.24) is 9.78 Å². The highest BCUT2D eigenvalue weighted by molar-refractivity contribution is 9.10. The van der Waals surface area contributed by atoms with Crippen molar-refractivity contribution < 1.29 is 13.9 Å². The number of aromatic nitrogens is 2. The van der Waals surface area contributed by atoms with Crippen molar-refractivity contribution in [2.24, 2.45) is 0 Å². The molecule has 4 rings (SSSR count). The summed E-state index contributed by atoms with van der Waals surface area (Å²) >= 11 is 3.44. The molecule has 3 aromatic carbocycles. The molecular formula is C26H23BrFN3O2. The van der Waals surface area contributed by atoms with Crippen molar-refractivity contribution in [2.75, 3.05) is 5.32 Å². The SMILES string of the molecule is Cc1ccc(OCc2cccc(C(=O)Nc3nn(Cc4ccc(F)cc4)cc3Br)c2)c(C)c1. The summed E-state index contributed by atoms with van der Waals surface area (Å²) in [4.78, 5) is 12.8. The van der Waals surface area contributed by atoms with Crippen LogP contribution in [-0.4, -0.2) is 15.7 Å². The van der Waals surface area contributed by atoms with Crippen LogP contribution in [0, 0.1) is 19.7 Å². The summed E-state index contributed by atoms with van der Waals surface area (Å²) in [5.41, 5.74) is 4.57. The highest BCUT2D eigenvalue weighted by atomic mass is 79.9. The Labute approximate surface area is 200 Å². The van der Waals surface area contributed by atoms with Crippen LogP contribution in [-0.2, 0) is 13.2 Å². The van der Waals surface area contributed by atoms with Crippen LogP contribution in [0.4, 0.5) is 10.2 Å². The number of ether oxygens (including phenoxy) is 1. The van der Waals surface area contributed by atoms with Crippen LogP contribution in [0.15, 0.2) is 77.4 Å². The van der Waals surface area contributed by atoms with Gasteiger partial charge in [0.05, 0.1) is 11.0 Å². The average molecular weight is 508 g/mol. The number of benzene rings is 3. The molecule has 1 aromatic heterocycles. The minimum absolute atomic E-state index is 0.268. The second kappa shape index (κ2) is 10.0. The smallest absolute Gasteiger partial charge is 0.256 e. The Morgan fingerprint density at radius 1 is 1.06 bits per heavy atom. The highest BCUT2D eigenvalue weighted by Gasteiger charge is 2.13. The molecule has 0 fully saturated rings. The maximum atomic E-state index is 13.1. The van der Waals surface area contributed by atoms with Gasteiger partial charge in [-0.1, -0.05) is 42.0 Å². The fraction of sp³-hybridized carbons (Fsp3) is 0.154. The third-order valence-electron chi connectivity index (χ3n) is 5.12. The van der Waals surface area contributed by atoms with Crippen molar-refractivity contribution >= 4 is 27.7 Å². The van der Waals surface area contributed by atoms with Crippen LogP contribution in [0.3, 0.4) is 0 Å². The monoisotopic (exact) mass is 507 g/mol. The Morgan fingerprint density at radius 3 is 2.61 bits per heavy atom. The van der Waals surface area contributed by atoms with Gasteiger partial charge in [0.1, 0.15) is 18.2 Å². The van der Waals surface area contributed by atoms with Gasteiger partial charge in [-0.3, -0.25) is 9.48 Å². The van der Waals surface area contributed by atoms with E-state index < -0.39 is 0 Å². The van der Waals surface area contributed by atoms with Gasteiger partial charge in [-0.2, -0.15) is 5.10 Å². The van der Waals surface area contributed by atoms with Gasteiger partial charge in [0.15, 0.2) is 5.82 Å². The molecule has 7 heteroatoms. The summed E-state index contributed by atoms with van der Waals surface area (Å²) in [7, 11) is 0. The van der Waals surface area contributed by atoms with E-state index in [1.54, 1.807) is 29.1 Å². The van der Waals surface area contributed by atoms with Crippen LogP contribution in [0.5, 0.6) is 5.75 Å². The number of anilines is 1. The van der Waals surface area contributed by atoms with E-state index in [4.69, 9.17) is 4.74 Å². The number of aryl methyl sites for hydroxylation is 2. The molecular weight excluding hydrogens is 485 g/mol. The van der Waals surface area contributed by atoms with E-state index in [1.165, 1.54) is 17.7 Å². The molecule has 5 nitrogen and oxygen atoms in total. The standard InChI is InChI=1S/C26H23BrFN3O2/c1-17-6-11-24(18(2)12-17)33-16-20-4-3-5-21(13-20)26(32)29-25-23(27)15-31(30-25)14-19-7-9-22(28)10-8-19/h3-13,15H,14,16H2,1-2H3,(H,29,30,32). The van der Waals surface area contributed by atoms with Crippen molar-refractivity contribution in [3.63, 3.8) is 0 Å². The fourth-order valence-electron chi connectivity index (χ4n) is 3.44. The number of halogens is 2. The summed E-state index contributed by atoms with van der Waals surface area (Å²) in [6.07, 6.45) is 1.77. The molecule has 33 heavy (non-hydrogen) atoms. The maximum Gasteiger partial charge on any atom is 0.256 e. The number of rotatable bonds is 7. The van der Waals surface area contributed by atoms with E-state index in [-0.39, 0.29) is 11.7 Å². The molecule has 168 valence electrons. The molecule has 4 aromatic rings. The Balaban J connectivity index is 1.41. The zero-order valence-electron chi connectivity index (χ0n) is 18.3. The van der Waals surface area contributed by atoms with Gasteiger partial charge in [0, 0.05) is 11.8 Å². The molecule has 1 heterocycles. The van der Waals surface area contributed by atoms with Gasteiger partial charge in [-0.15, -0.1) is 0 Å². The van der Waals surface area contributed by atoms with Crippen molar-refractivity contribution in [1.29, 1.82) is 0 Å². The number of hydrogen-bond acceptors (Lipinski definition) is 3. The number of nitrogens with one attached hydrogen (secondary N) is 1. The largest absolute Gasteiger partial charge is 0.489 e.